The van der Waals surface area contributed by atoms with E-state index in [1.165, 1.54) is 0 Å². The van der Waals surface area contributed by atoms with Crippen LogP contribution in [-0.2, 0) is 14.4 Å². The van der Waals surface area contributed by atoms with Crippen molar-refractivity contribution >= 4 is 17.7 Å². The molecule has 0 aliphatic carbocycles. The van der Waals surface area contributed by atoms with Gasteiger partial charge in [0.1, 0.15) is 0 Å². The molecule has 1 saturated heterocycles. The van der Waals surface area contributed by atoms with Crippen LogP contribution in [0.4, 0.5) is 0 Å². The van der Waals surface area contributed by atoms with E-state index in [1.54, 1.807) is 0 Å². The summed E-state index contributed by atoms with van der Waals surface area (Å²) in [5, 5.41) is 7.82. The molecule has 108 valence electrons. The number of hydrogen-bond acceptors (Lipinski definition) is 4. The number of hydrogen-bond donors (Lipinski definition) is 3. The molecular weight excluding hydrogens is 246 g/mol. The molecule has 1 aliphatic heterocycles. The Morgan fingerprint density at radius 2 is 1.79 bits per heavy atom. The predicted octanol–water partition coefficient (Wildman–Crippen LogP) is -0.0648. The van der Waals surface area contributed by atoms with E-state index in [0.717, 1.165) is 32.4 Å². The highest BCUT2D eigenvalue weighted by Crippen LogP contribution is 2.10. The van der Waals surface area contributed by atoms with Crippen molar-refractivity contribution in [3.63, 3.8) is 0 Å². The molecule has 0 saturated carbocycles. The van der Waals surface area contributed by atoms with Gasteiger partial charge in [-0.15, -0.1) is 0 Å². The zero-order valence-electron chi connectivity index (χ0n) is 11.5. The Balaban J connectivity index is 2.24. The lowest BCUT2D eigenvalue weighted by Crippen LogP contribution is -2.46. The molecule has 1 heterocycles. The summed E-state index contributed by atoms with van der Waals surface area (Å²) in [5.74, 6) is -2.08. The highest BCUT2D eigenvalue weighted by Gasteiger charge is 2.24. The van der Waals surface area contributed by atoms with Gasteiger partial charge in [-0.3, -0.25) is 19.7 Å². The molecule has 0 aromatic rings. The number of carbonyl (C=O) groups is 3. The van der Waals surface area contributed by atoms with Gasteiger partial charge in [-0.25, -0.2) is 0 Å². The Hall–Kier alpha value is -1.43. The molecule has 3 N–H and O–H groups in total. The molecular formula is C13H23N3O3. The Bertz CT molecular complexity index is 325. The summed E-state index contributed by atoms with van der Waals surface area (Å²) in [6.07, 6.45) is 4.32. The zero-order chi connectivity index (χ0) is 14.1. The summed E-state index contributed by atoms with van der Waals surface area (Å²) in [7, 11) is 0. The minimum atomic E-state index is -0.847. The number of rotatable bonds is 5. The van der Waals surface area contributed by atoms with Crippen LogP contribution in [0.3, 0.4) is 0 Å². The normalized spacial score (nSPS) is 15.8. The monoisotopic (exact) mass is 269 g/mol. The first kappa shape index (κ1) is 15.6. The molecule has 0 spiro atoms. The van der Waals surface area contributed by atoms with Crippen molar-refractivity contribution in [3.8, 4) is 0 Å². The van der Waals surface area contributed by atoms with Crippen LogP contribution in [0.25, 0.3) is 0 Å². The number of amides is 3. The summed E-state index contributed by atoms with van der Waals surface area (Å²) in [4.78, 5) is 34.7. The van der Waals surface area contributed by atoms with E-state index in [2.05, 4.69) is 22.9 Å². The highest BCUT2D eigenvalue weighted by atomic mass is 16.2. The van der Waals surface area contributed by atoms with Crippen LogP contribution >= 0.6 is 0 Å². The average Bonchev–Trinajstić information content (AvgIpc) is 2.44. The second-order valence-corrected chi connectivity index (χ2v) is 4.81. The third-order valence-electron chi connectivity index (χ3n) is 3.22. The number of piperidine rings is 1. The summed E-state index contributed by atoms with van der Waals surface area (Å²) >= 11 is 0. The van der Waals surface area contributed by atoms with Crippen molar-refractivity contribution in [3.05, 3.63) is 0 Å². The quantitative estimate of drug-likeness (QED) is 0.482. The Labute approximate surface area is 113 Å². The minimum absolute atomic E-state index is 0.168. The van der Waals surface area contributed by atoms with E-state index in [4.69, 9.17) is 0 Å². The fourth-order valence-electron chi connectivity index (χ4n) is 2.01. The standard InChI is InChI=1S/C13H23N3O3/c1-2-3-4-7-15-12(18)13(19)16-11(17)10-5-8-14-9-6-10/h10,14H,2-9H2,1H3,(H,15,18)(H,16,17,19). The molecule has 0 unspecified atom stereocenters. The molecule has 6 heteroatoms. The predicted molar refractivity (Wildman–Crippen MR) is 71.3 cm³/mol. The third kappa shape index (κ3) is 5.83. The molecule has 3 amide bonds. The molecule has 19 heavy (non-hydrogen) atoms. The largest absolute Gasteiger partial charge is 0.348 e. The Kier molecular flexibility index (Phi) is 7.10. The van der Waals surface area contributed by atoms with E-state index < -0.39 is 11.8 Å². The topological polar surface area (TPSA) is 87.3 Å². The Morgan fingerprint density at radius 3 is 2.42 bits per heavy atom. The van der Waals surface area contributed by atoms with Crippen molar-refractivity contribution in [2.24, 2.45) is 5.92 Å². The van der Waals surface area contributed by atoms with Gasteiger partial charge in [0, 0.05) is 12.5 Å². The van der Waals surface area contributed by atoms with Crippen LogP contribution < -0.4 is 16.0 Å². The first-order chi connectivity index (χ1) is 9.15. The maximum Gasteiger partial charge on any atom is 0.315 e. The maximum absolute atomic E-state index is 11.7. The van der Waals surface area contributed by atoms with Gasteiger partial charge in [0.05, 0.1) is 0 Å². The van der Waals surface area contributed by atoms with Gasteiger partial charge < -0.3 is 10.6 Å². The molecule has 0 radical (unpaired) electrons. The van der Waals surface area contributed by atoms with Gasteiger partial charge in [-0.2, -0.15) is 0 Å². The molecule has 0 bridgehead atoms. The van der Waals surface area contributed by atoms with Crippen molar-refractivity contribution in [2.75, 3.05) is 19.6 Å². The number of carbonyl (C=O) groups excluding carboxylic acids is 3. The summed E-state index contributed by atoms with van der Waals surface area (Å²) in [5.41, 5.74) is 0. The minimum Gasteiger partial charge on any atom is -0.348 e. The SMILES string of the molecule is CCCCCNC(=O)C(=O)NC(=O)C1CCNCC1. The number of unbranched alkanes of at least 4 members (excludes halogenated alkanes) is 2. The smallest absolute Gasteiger partial charge is 0.315 e. The van der Waals surface area contributed by atoms with Crippen molar-refractivity contribution < 1.29 is 14.4 Å². The van der Waals surface area contributed by atoms with Crippen LogP contribution in [0.5, 0.6) is 0 Å². The van der Waals surface area contributed by atoms with Gasteiger partial charge in [-0.1, -0.05) is 19.8 Å². The first-order valence-corrected chi connectivity index (χ1v) is 6.99. The van der Waals surface area contributed by atoms with Crippen molar-refractivity contribution in [1.29, 1.82) is 0 Å². The first-order valence-electron chi connectivity index (χ1n) is 6.99. The molecule has 0 aromatic carbocycles. The molecule has 0 aromatic heterocycles. The molecule has 1 aliphatic rings. The van der Waals surface area contributed by atoms with E-state index in [1.807, 2.05) is 0 Å². The highest BCUT2D eigenvalue weighted by molar-refractivity contribution is 6.37. The lowest BCUT2D eigenvalue weighted by Gasteiger charge is -2.21. The van der Waals surface area contributed by atoms with Gasteiger partial charge >= 0.3 is 11.8 Å². The number of imide groups is 1. The summed E-state index contributed by atoms with van der Waals surface area (Å²) in [6, 6.07) is 0. The molecule has 1 fully saturated rings. The zero-order valence-corrected chi connectivity index (χ0v) is 11.5. The summed E-state index contributed by atoms with van der Waals surface area (Å²) < 4.78 is 0. The molecule has 6 nitrogen and oxygen atoms in total. The van der Waals surface area contributed by atoms with Gasteiger partial charge in [0.15, 0.2) is 0 Å². The lowest BCUT2D eigenvalue weighted by molar-refractivity contribution is -0.143. The Morgan fingerprint density at radius 1 is 1.11 bits per heavy atom. The molecule has 0 atom stereocenters. The van der Waals surface area contributed by atoms with E-state index >= 15 is 0 Å². The van der Waals surface area contributed by atoms with Crippen molar-refractivity contribution in [1.82, 2.24) is 16.0 Å². The van der Waals surface area contributed by atoms with Crippen LogP contribution in [0.1, 0.15) is 39.0 Å². The van der Waals surface area contributed by atoms with Crippen LogP contribution in [-0.4, -0.2) is 37.4 Å². The maximum atomic E-state index is 11.7. The van der Waals surface area contributed by atoms with Crippen molar-refractivity contribution in [2.45, 2.75) is 39.0 Å². The fraction of sp³-hybridized carbons (Fsp3) is 0.769. The van der Waals surface area contributed by atoms with Crippen LogP contribution in [0, 0.1) is 5.92 Å². The van der Waals surface area contributed by atoms with E-state index in [-0.39, 0.29) is 11.8 Å². The van der Waals surface area contributed by atoms with Gasteiger partial charge in [0.2, 0.25) is 5.91 Å². The van der Waals surface area contributed by atoms with Crippen LogP contribution in [0.2, 0.25) is 0 Å². The second kappa shape index (κ2) is 8.63. The van der Waals surface area contributed by atoms with Crippen LogP contribution in [0.15, 0.2) is 0 Å². The average molecular weight is 269 g/mol. The molecule has 1 rings (SSSR count). The van der Waals surface area contributed by atoms with E-state index in [9.17, 15) is 14.4 Å². The third-order valence-corrected chi connectivity index (χ3v) is 3.22. The summed E-state index contributed by atoms with van der Waals surface area (Å²) in [6.45, 7) is 4.08. The lowest BCUT2D eigenvalue weighted by atomic mass is 9.97. The number of nitrogens with one attached hydrogen (secondary N) is 3. The fourth-order valence-corrected chi connectivity index (χ4v) is 2.01. The van der Waals surface area contributed by atoms with E-state index in [0.29, 0.717) is 19.4 Å². The second-order valence-electron chi connectivity index (χ2n) is 4.81. The van der Waals surface area contributed by atoms with Gasteiger partial charge in [0.25, 0.3) is 0 Å². The van der Waals surface area contributed by atoms with Gasteiger partial charge in [-0.05, 0) is 32.4 Å².